The fraction of sp³-hybridized carbons (Fsp3) is 0.200. The van der Waals surface area contributed by atoms with Crippen LogP contribution in [0.4, 0.5) is 0 Å². The maximum atomic E-state index is 11.8. The second kappa shape index (κ2) is 6.21. The summed E-state index contributed by atoms with van der Waals surface area (Å²) >= 11 is 2.19. The zero-order valence-electron chi connectivity index (χ0n) is 11.1. The third-order valence-corrected chi connectivity index (χ3v) is 3.31. The van der Waals surface area contributed by atoms with Crippen molar-refractivity contribution >= 4 is 45.3 Å². The molecule has 0 aromatic heterocycles. The van der Waals surface area contributed by atoms with Gasteiger partial charge in [-0.3, -0.25) is 4.79 Å². The second-order valence-corrected chi connectivity index (χ2v) is 5.40. The van der Waals surface area contributed by atoms with Gasteiger partial charge in [0.05, 0.1) is 12.2 Å². The van der Waals surface area contributed by atoms with Crippen LogP contribution < -0.4 is 4.74 Å². The van der Waals surface area contributed by atoms with E-state index in [2.05, 4.69) is 22.6 Å². The van der Waals surface area contributed by atoms with Gasteiger partial charge >= 0.3 is 11.9 Å². The van der Waals surface area contributed by atoms with E-state index in [0.717, 1.165) is 14.3 Å². The summed E-state index contributed by atoms with van der Waals surface area (Å²) in [5, 5.41) is 1.62. The highest BCUT2D eigenvalue weighted by Crippen LogP contribution is 2.29. The number of benzene rings is 2. The van der Waals surface area contributed by atoms with E-state index < -0.39 is 11.9 Å². The lowest BCUT2D eigenvalue weighted by atomic mass is 10.1. The molecular weight excluding hydrogens is 371 g/mol. The van der Waals surface area contributed by atoms with E-state index in [1.165, 1.54) is 13.0 Å². The molecule has 0 saturated heterocycles. The van der Waals surface area contributed by atoms with Crippen LogP contribution >= 0.6 is 22.6 Å². The van der Waals surface area contributed by atoms with Crippen LogP contribution in [0.3, 0.4) is 0 Å². The number of esters is 2. The lowest BCUT2D eigenvalue weighted by molar-refractivity contribution is -0.131. The van der Waals surface area contributed by atoms with Gasteiger partial charge in [-0.25, -0.2) is 4.79 Å². The monoisotopic (exact) mass is 384 g/mol. The molecule has 2 aromatic rings. The number of carbonyl (C=O) groups is 2. The first kappa shape index (κ1) is 14.8. The van der Waals surface area contributed by atoms with Crippen LogP contribution in [0.5, 0.6) is 5.75 Å². The van der Waals surface area contributed by atoms with Crippen LogP contribution in [0.25, 0.3) is 10.8 Å². The lowest BCUT2D eigenvalue weighted by Crippen LogP contribution is -2.07. The van der Waals surface area contributed by atoms with Crippen LogP contribution in [-0.2, 0) is 9.53 Å². The van der Waals surface area contributed by atoms with E-state index in [0.29, 0.717) is 17.9 Å². The number of halogens is 1. The van der Waals surface area contributed by atoms with Crippen molar-refractivity contribution in [3.63, 3.8) is 0 Å². The smallest absolute Gasteiger partial charge is 0.338 e. The van der Waals surface area contributed by atoms with Gasteiger partial charge in [0.1, 0.15) is 5.75 Å². The Kier molecular flexibility index (Phi) is 4.59. The van der Waals surface area contributed by atoms with Crippen molar-refractivity contribution in [1.29, 1.82) is 0 Å². The third-order valence-electron chi connectivity index (χ3n) is 2.64. The molecule has 20 heavy (non-hydrogen) atoms. The van der Waals surface area contributed by atoms with Gasteiger partial charge < -0.3 is 9.47 Å². The van der Waals surface area contributed by atoms with Gasteiger partial charge in [-0.2, -0.15) is 0 Å². The minimum Gasteiger partial charge on any atom is -0.462 e. The molecule has 5 heteroatoms. The molecule has 0 bridgehead atoms. The second-order valence-electron chi connectivity index (χ2n) is 4.15. The van der Waals surface area contributed by atoms with Crippen molar-refractivity contribution in [2.75, 3.05) is 6.61 Å². The standard InChI is InChI=1S/C15H13IO4/c1-3-19-15(18)11-6-10-7-12(16)4-5-13(10)14(8-11)20-9(2)17/h4-8H,3H2,1-2H3. The first-order valence-corrected chi connectivity index (χ1v) is 7.18. The summed E-state index contributed by atoms with van der Waals surface area (Å²) in [6.07, 6.45) is 0. The average molecular weight is 384 g/mol. The molecule has 104 valence electrons. The van der Waals surface area contributed by atoms with Crippen molar-refractivity contribution in [1.82, 2.24) is 0 Å². The van der Waals surface area contributed by atoms with Crippen molar-refractivity contribution in [2.24, 2.45) is 0 Å². The summed E-state index contributed by atoms with van der Waals surface area (Å²) in [5.74, 6) is -0.484. The van der Waals surface area contributed by atoms with Crippen molar-refractivity contribution in [3.05, 3.63) is 39.5 Å². The average Bonchev–Trinajstić information content (AvgIpc) is 2.37. The SMILES string of the molecule is CCOC(=O)c1cc(OC(C)=O)c2ccc(I)cc2c1. The molecule has 0 amide bonds. The Morgan fingerprint density at radius 3 is 2.60 bits per heavy atom. The molecule has 0 N–H and O–H groups in total. The van der Waals surface area contributed by atoms with E-state index in [1.54, 1.807) is 13.0 Å². The summed E-state index contributed by atoms with van der Waals surface area (Å²) < 4.78 is 11.2. The first-order chi connectivity index (χ1) is 9.51. The molecule has 0 aliphatic rings. The number of rotatable bonds is 3. The molecule has 0 unspecified atom stereocenters. The summed E-state index contributed by atoms with van der Waals surface area (Å²) in [6, 6.07) is 8.98. The Morgan fingerprint density at radius 2 is 1.95 bits per heavy atom. The zero-order chi connectivity index (χ0) is 14.7. The molecule has 0 aliphatic carbocycles. The van der Waals surface area contributed by atoms with Gasteiger partial charge in [-0.1, -0.05) is 0 Å². The van der Waals surface area contributed by atoms with Gasteiger partial charge in [0.25, 0.3) is 0 Å². The summed E-state index contributed by atoms with van der Waals surface area (Å²) in [5.41, 5.74) is 0.373. The van der Waals surface area contributed by atoms with Crippen LogP contribution in [0.2, 0.25) is 0 Å². The van der Waals surface area contributed by atoms with E-state index >= 15 is 0 Å². The molecule has 4 nitrogen and oxygen atoms in total. The Labute approximate surface area is 130 Å². The van der Waals surface area contributed by atoms with Crippen molar-refractivity contribution in [2.45, 2.75) is 13.8 Å². The van der Waals surface area contributed by atoms with Crippen LogP contribution in [0.1, 0.15) is 24.2 Å². The van der Waals surface area contributed by atoms with Crippen molar-refractivity contribution < 1.29 is 19.1 Å². The Balaban J connectivity index is 2.61. The van der Waals surface area contributed by atoms with Gasteiger partial charge in [-0.15, -0.1) is 0 Å². The predicted molar refractivity (Wildman–Crippen MR) is 83.9 cm³/mol. The number of ether oxygens (including phenoxy) is 2. The van der Waals surface area contributed by atoms with Gasteiger partial charge in [0.2, 0.25) is 0 Å². The zero-order valence-corrected chi connectivity index (χ0v) is 13.3. The molecule has 0 atom stereocenters. The minimum atomic E-state index is -0.429. The van der Waals surface area contributed by atoms with E-state index in [4.69, 9.17) is 9.47 Å². The molecule has 0 spiro atoms. The van der Waals surface area contributed by atoms with Gasteiger partial charge in [0.15, 0.2) is 0 Å². The van der Waals surface area contributed by atoms with Crippen LogP contribution in [-0.4, -0.2) is 18.5 Å². The molecular formula is C15H13IO4. The molecule has 0 heterocycles. The molecule has 0 fully saturated rings. The van der Waals surface area contributed by atoms with Crippen LogP contribution in [0.15, 0.2) is 30.3 Å². The molecule has 2 aromatic carbocycles. The van der Waals surface area contributed by atoms with Crippen LogP contribution in [0, 0.1) is 3.57 Å². The Hall–Kier alpha value is -1.63. The molecule has 0 saturated carbocycles. The van der Waals surface area contributed by atoms with Gasteiger partial charge in [0, 0.05) is 15.9 Å². The highest BCUT2D eigenvalue weighted by molar-refractivity contribution is 14.1. The highest BCUT2D eigenvalue weighted by Gasteiger charge is 2.13. The first-order valence-electron chi connectivity index (χ1n) is 6.10. The lowest BCUT2D eigenvalue weighted by Gasteiger charge is -2.09. The topological polar surface area (TPSA) is 52.6 Å². The maximum absolute atomic E-state index is 11.8. The molecule has 2 rings (SSSR count). The largest absolute Gasteiger partial charge is 0.462 e. The van der Waals surface area contributed by atoms with E-state index in [9.17, 15) is 9.59 Å². The van der Waals surface area contributed by atoms with Gasteiger partial charge in [-0.05, 0) is 65.2 Å². The number of hydrogen-bond acceptors (Lipinski definition) is 4. The molecule has 0 aliphatic heterocycles. The minimum absolute atomic E-state index is 0.298. The van der Waals surface area contributed by atoms with Crippen molar-refractivity contribution in [3.8, 4) is 5.75 Å². The number of fused-ring (bicyclic) bond motifs is 1. The Bertz CT molecular complexity index is 679. The summed E-state index contributed by atoms with van der Waals surface area (Å²) in [4.78, 5) is 23.0. The Morgan fingerprint density at radius 1 is 1.20 bits per heavy atom. The fourth-order valence-electron chi connectivity index (χ4n) is 1.88. The predicted octanol–water partition coefficient (Wildman–Crippen LogP) is 3.55. The molecule has 0 radical (unpaired) electrons. The highest BCUT2D eigenvalue weighted by atomic mass is 127. The third kappa shape index (κ3) is 3.27. The maximum Gasteiger partial charge on any atom is 0.338 e. The normalized spacial score (nSPS) is 10.3. The number of carbonyl (C=O) groups excluding carboxylic acids is 2. The summed E-state index contributed by atoms with van der Waals surface area (Å²) in [6.45, 7) is 3.37. The fourth-order valence-corrected chi connectivity index (χ4v) is 2.39. The summed E-state index contributed by atoms with van der Waals surface area (Å²) in [7, 11) is 0. The van der Waals surface area contributed by atoms with E-state index in [1.807, 2.05) is 18.2 Å². The quantitative estimate of drug-likeness (QED) is 0.462. The number of hydrogen-bond donors (Lipinski definition) is 0. The van der Waals surface area contributed by atoms with E-state index in [-0.39, 0.29) is 0 Å².